The molecule has 428 valence electrons. The van der Waals surface area contributed by atoms with Gasteiger partial charge in [-0.3, -0.25) is 4.79 Å². The number of fused-ring (bicyclic) bond motifs is 7. The van der Waals surface area contributed by atoms with Gasteiger partial charge in [0.15, 0.2) is 30.8 Å². The standard InChI is InChI=1S/C55H83NO20/c1-50(2)19-27-26-13-14-33-52(5)17-16-35(75-49-43(67)40(64)38(62)31(74-49)23-72-48-42(66)39(63)37(61)30(73-48)22-71-47-41(65)36(60)29(58)21-70-47)51(3,4)32(52)15-18-53(33,6)54(26,7)20-34(59)55(27,24-57)44(68)45(50)76-46(69)25-11-9-10-12-28(25)56-8/h9-13,27,29-43,45,47-49,56-67H,14-24H2,1-8H3/t27-,29+,30+,31+,32-,33+,34-,35-,36-,37+,38+,39-,40-,41+,42+,43+,45-,47-,48+,49-,52-,53+,54+,55-/m0/s1. The summed E-state index contributed by atoms with van der Waals surface area (Å²) in [5, 5.41) is 123. The number of Topliss-reactive ketones (excluding diaryl/α,β-unsaturated/α-hetero) is 1. The molecule has 3 saturated heterocycles. The third kappa shape index (κ3) is 9.12. The Morgan fingerprint density at radius 1 is 0.724 bits per heavy atom. The highest BCUT2D eigenvalue weighted by Crippen LogP contribution is 2.75. The highest BCUT2D eigenvalue weighted by Gasteiger charge is 2.73. The summed E-state index contributed by atoms with van der Waals surface area (Å²) in [6, 6.07) is 6.89. The Bertz CT molecular complexity index is 2320. The molecule has 0 bridgehead atoms. The maximum absolute atomic E-state index is 15.0. The molecule has 9 rings (SSSR count). The number of carbonyl (C=O) groups is 2. The molecule has 3 aliphatic heterocycles. The third-order valence-electron chi connectivity index (χ3n) is 20.6. The molecule has 76 heavy (non-hydrogen) atoms. The first-order valence-electron chi connectivity index (χ1n) is 27.1. The zero-order chi connectivity index (χ0) is 55.4. The molecular formula is C55H83NO20. The van der Waals surface area contributed by atoms with Gasteiger partial charge in [-0.05, 0) is 96.5 Å². The molecule has 0 aromatic heterocycles. The van der Waals surface area contributed by atoms with Crippen molar-refractivity contribution in [2.24, 2.45) is 50.2 Å². The van der Waals surface area contributed by atoms with Gasteiger partial charge in [0.05, 0.1) is 49.6 Å². The minimum atomic E-state index is -1.81. The Hall–Kier alpha value is -2.78. The van der Waals surface area contributed by atoms with Crippen LogP contribution in [-0.2, 0) is 38.0 Å². The predicted octanol–water partition coefficient (Wildman–Crippen LogP) is 0.280. The summed E-state index contributed by atoms with van der Waals surface area (Å²) >= 11 is 0. The van der Waals surface area contributed by atoms with Crippen LogP contribution in [0.3, 0.4) is 0 Å². The number of ketones is 1. The second kappa shape index (κ2) is 21.0. The van der Waals surface area contributed by atoms with Crippen LogP contribution in [0.15, 0.2) is 35.9 Å². The van der Waals surface area contributed by atoms with E-state index < -0.39 is 163 Å². The van der Waals surface area contributed by atoms with Gasteiger partial charge >= 0.3 is 5.97 Å². The SMILES string of the molecule is CNc1ccccc1C(=O)O[C@H]1C(=O)[C@]2(CO)[C@@H](O)C[C@]3(C)C(=CC[C@@H]4[C@@]5(C)CC[C@H](O[C@@H]6O[C@H](CO[C@@H]7O[C@H](CO[C@@H]8OC[C@@H](O)[C@H](O)[C@H]8O)[C@@H](O)[C@H](O)[C@H]7O)[C@@H](O)[C@H](O)[C@H]6O)C(C)(C)[C@@H]5CC[C@]43C)[C@@H]2CC1(C)C. The number of rotatable bonds is 12. The number of esters is 1. The molecule has 0 spiro atoms. The van der Waals surface area contributed by atoms with Crippen molar-refractivity contribution >= 4 is 17.4 Å². The lowest BCUT2D eigenvalue weighted by atomic mass is 9.33. The molecule has 12 N–H and O–H groups in total. The fourth-order valence-corrected chi connectivity index (χ4v) is 16.0. The second-order valence-corrected chi connectivity index (χ2v) is 25.3. The van der Waals surface area contributed by atoms with Crippen molar-refractivity contribution in [1.82, 2.24) is 0 Å². The number of aliphatic hydroxyl groups is 11. The van der Waals surface area contributed by atoms with Crippen LogP contribution in [0.4, 0.5) is 5.69 Å². The molecule has 0 radical (unpaired) electrons. The van der Waals surface area contributed by atoms with E-state index in [0.29, 0.717) is 24.9 Å². The summed E-state index contributed by atoms with van der Waals surface area (Å²) in [4.78, 5) is 28.8. The summed E-state index contributed by atoms with van der Waals surface area (Å²) in [5.74, 6) is -1.43. The Balaban J connectivity index is 0.883. The van der Waals surface area contributed by atoms with E-state index in [9.17, 15) is 61.0 Å². The zero-order valence-corrected chi connectivity index (χ0v) is 44.8. The number of para-hydroxylation sites is 1. The van der Waals surface area contributed by atoms with Gasteiger partial charge in [0.2, 0.25) is 0 Å². The summed E-state index contributed by atoms with van der Waals surface area (Å²) in [5.41, 5.74) is -2.24. The van der Waals surface area contributed by atoms with Gasteiger partial charge in [-0.25, -0.2) is 4.79 Å². The van der Waals surface area contributed by atoms with Crippen LogP contribution in [0.2, 0.25) is 0 Å². The van der Waals surface area contributed by atoms with Gasteiger partial charge in [-0.2, -0.15) is 0 Å². The van der Waals surface area contributed by atoms with Gasteiger partial charge in [0.25, 0.3) is 0 Å². The molecular weight excluding hydrogens is 995 g/mol. The number of benzene rings is 1. The van der Waals surface area contributed by atoms with Crippen LogP contribution in [-0.4, -0.2) is 206 Å². The largest absolute Gasteiger partial charge is 0.450 e. The van der Waals surface area contributed by atoms with E-state index in [2.05, 4.69) is 46.0 Å². The summed E-state index contributed by atoms with van der Waals surface area (Å²) < 4.78 is 41.2. The highest BCUT2D eigenvalue weighted by molar-refractivity contribution is 5.99. The van der Waals surface area contributed by atoms with Gasteiger partial charge < -0.3 is 94.6 Å². The molecule has 4 saturated carbocycles. The summed E-state index contributed by atoms with van der Waals surface area (Å²) in [7, 11) is 1.70. The average Bonchev–Trinajstić information content (AvgIpc) is 3.40. The predicted molar refractivity (Wildman–Crippen MR) is 266 cm³/mol. The molecule has 5 aliphatic carbocycles. The number of ether oxygens (including phenoxy) is 7. The lowest BCUT2D eigenvalue weighted by molar-refractivity contribution is -0.348. The van der Waals surface area contributed by atoms with Gasteiger partial charge in [0.1, 0.15) is 67.1 Å². The monoisotopic (exact) mass is 1080 g/mol. The first-order chi connectivity index (χ1) is 35.6. The number of nitrogens with one attached hydrogen (secondary N) is 1. The van der Waals surface area contributed by atoms with Crippen molar-refractivity contribution in [1.29, 1.82) is 0 Å². The van der Waals surface area contributed by atoms with E-state index in [1.54, 1.807) is 31.3 Å². The highest BCUT2D eigenvalue weighted by atomic mass is 16.7. The van der Waals surface area contributed by atoms with Crippen molar-refractivity contribution < 1.29 is 98.9 Å². The van der Waals surface area contributed by atoms with Crippen molar-refractivity contribution in [2.45, 2.75) is 198 Å². The number of aliphatic hydroxyl groups excluding tert-OH is 11. The average molecular weight is 1080 g/mol. The van der Waals surface area contributed by atoms with Gasteiger partial charge in [-0.15, -0.1) is 0 Å². The van der Waals surface area contributed by atoms with E-state index in [4.69, 9.17) is 33.2 Å². The lowest BCUT2D eigenvalue weighted by Gasteiger charge is -2.72. The molecule has 24 atom stereocenters. The molecule has 3 heterocycles. The first-order valence-corrected chi connectivity index (χ1v) is 27.1. The molecule has 1 aromatic rings. The van der Waals surface area contributed by atoms with Crippen LogP contribution in [0.25, 0.3) is 0 Å². The fraction of sp³-hybridized carbons (Fsp3) is 0.818. The van der Waals surface area contributed by atoms with Crippen molar-refractivity contribution in [3.63, 3.8) is 0 Å². The van der Waals surface area contributed by atoms with Crippen LogP contribution >= 0.6 is 0 Å². The van der Waals surface area contributed by atoms with Crippen LogP contribution in [0.5, 0.6) is 0 Å². The zero-order valence-electron chi connectivity index (χ0n) is 44.8. The molecule has 21 heteroatoms. The van der Waals surface area contributed by atoms with Crippen LogP contribution < -0.4 is 5.32 Å². The maximum Gasteiger partial charge on any atom is 0.340 e. The third-order valence-corrected chi connectivity index (χ3v) is 20.6. The Kier molecular flexibility index (Phi) is 16.0. The fourth-order valence-electron chi connectivity index (χ4n) is 16.0. The van der Waals surface area contributed by atoms with E-state index >= 15 is 4.79 Å². The molecule has 8 aliphatic rings. The minimum Gasteiger partial charge on any atom is -0.450 e. The minimum absolute atomic E-state index is 0.0858. The number of hydrogen-bond acceptors (Lipinski definition) is 21. The lowest BCUT2D eigenvalue weighted by Crippen LogP contribution is -2.71. The van der Waals surface area contributed by atoms with Crippen LogP contribution in [0, 0.1) is 50.2 Å². The van der Waals surface area contributed by atoms with E-state index in [0.717, 1.165) is 24.8 Å². The number of anilines is 1. The molecule has 7 fully saturated rings. The van der Waals surface area contributed by atoms with E-state index in [1.807, 2.05) is 13.8 Å². The van der Waals surface area contributed by atoms with Gasteiger partial charge in [0, 0.05) is 18.2 Å². The number of carbonyl (C=O) groups excluding carboxylic acids is 2. The topological polar surface area (TPSA) is 333 Å². The second-order valence-electron chi connectivity index (χ2n) is 25.3. The van der Waals surface area contributed by atoms with E-state index in [1.165, 1.54) is 0 Å². The Morgan fingerprint density at radius 3 is 1.97 bits per heavy atom. The summed E-state index contributed by atoms with van der Waals surface area (Å²) in [6.07, 6.45) is -18.6. The molecule has 21 nitrogen and oxygen atoms in total. The van der Waals surface area contributed by atoms with Gasteiger partial charge in [-0.1, -0.05) is 72.2 Å². The Labute approximate surface area is 443 Å². The van der Waals surface area contributed by atoms with Crippen molar-refractivity contribution in [3.8, 4) is 0 Å². The van der Waals surface area contributed by atoms with Crippen LogP contribution in [0.1, 0.15) is 104 Å². The van der Waals surface area contributed by atoms with Crippen molar-refractivity contribution in [3.05, 3.63) is 41.5 Å². The molecule has 0 unspecified atom stereocenters. The number of allylic oxidation sites excluding steroid dienone is 2. The normalized spacial score (nSPS) is 48.8. The smallest absolute Gasteiger partial charge is 0.340 e. The quantitative estimate of drug-likeness (QED) is 0.0760. The molecule has 0 amide bonds. The summed E-state index contributed by atoms with van der Waals surface area (Å²) in [6.45, 7) is 13.0. The number of hydrogen-bond donors (Lipinski definition) is 12. The Morgan fingerprint density at radius 2 is 1.33 bits per heavy atom. The van der Waals surface area contributed by atoms with E-state index in [-0.39, 0.29) is 41.3 Å². The first kappa shape index (κ1) is 57.9. The maximum atomic E-state index is 15.0. The van der Waals surface area contributed by atoms with Crippen molar-refractivity contribution in [2.75, 3.05) is 38.8 Å². The molecule has 1 aromatic carbocycles.